The summed E-state index contributed by atoms with van der Waals surface area (Å²) in [5.74, 6) is 0.379. The van der Waals surface area contributed by atoms with Crippen LogP contribution in [-0.4, -0.2) is 30.0 Å². The average Bonchev–Trinajstić information content (AvgIpc) is 3.07. The normalized spacial score (nSPS) is 14.3. The molecule has 0 aromatic heterocycles. The van der Waals surface area contributed by atoms with Crippen molar-refractivity contribution in [3.8, 4) is 11.5 Å². The van der Waals surface area contributed by atoms with E-state index < -0.39 is 10.9 Å². The summed E-state index contributed by atoms with van der Waals surface area (Å²) in [6.45, 7) is 6.23. The lowest BCUT2D eigenvalue weighted by Crippen LogP contribution is -2.06. The standard InChI is InChI=1S/C21H17ClN2O6/c1-3-9-29-18-8-5-13(11-19(18)28-4-2)10-17-21(25)30-20(23-17)15-7-6-14(24(26)27)12-16(15)22/h3,5-8,10-12H,1,4,9H2,2H3/b17-10-. The molecule has 8 nitrogen and oxygen atoms in total. The van der Waals surface area contributed by atoms with Crippen molar-refractivity contribution in [3.05, 3.63) is 81.0 Å². The predicted octanol–water partition coefficient (Wildman–Crippen LogP) is 4.56. The molecule has 0 aliphatic carbocycles. The number of hydrogen-bond acceptors (Lipinski definition) is 7. The number of nitro benzene ring substituents is 1. The topological polar surface area (TPSA) is 100 Å². The van der Waals surface area contributed by atoms with Crippen LogP contribution >= 0.6 is 11.6 Å². The molecule has 0 bridgehead atoms. The molecule has 1 aliphatic rings. The van der Waals surface area contributed by atoms with Gasteiger partial charge in [-0.1, -0.05) is 30.3 Å². The number of halogens is 1. The van der Waals surface area contributed by atoms with Gasteiger partial charge in [0.25, 0.3) is 5.69 Å². The summed E-state index contributed by atoms with van der Waals surface area (Å²) in [5.41, 5.74) is 0.812. The van der Waals surface area contributed by atoms with Crippen LogP contribution in [0.4, 0.5) is 5.69 Å². The number of nitro groups is 1. The maximum atomic E-state index is 12.2. The van der Waals surface area contributed by atoms with Crippen molar-refractivity contribution < 1.29 is 23.9 Å². The Morgan fingerprint density at radius 3 is 2.70 bits per heavy atom. The van der Waals surface area contributed by atoms with Gasteiger partial charge in [-0.3, -0.25) is 10.1 Å². The molecule has 30 heavy (non-hydrogen) atoms. The highest BCUT2D eigenvalue weighted by Gasteiger charge is 2.26. The minimum Gasteiger partial charge on any atom is -0.490 e. The number of cyclic esters (lactones) is 1. The van der Waals surface area contributed by atoms with Crippen LogP contribution in [0.3, 0.4) is 0 Å². The first-order valence-corrected chi connectivity index (χ1v) is 9.28. The number of carbonyl (C=O) groups is 1. The van der Waals surface area contributed by atoms with E-state index in [2.05, 4.69) is 11.6 Å². The first kappa shape index (κ1) is 21.1. The van der Waals surface area contributed by atoms with Gasteiger partial charge >= 0.3 is 5.97 Å². The third-order valence-corrected chi connectivity index (χ3v) is 4.25. The lowest BCUT2D eigenvalue weighted by atomic mass is 10.1. The number of carbonyl (C=O) groups excluding carboxylic acids is 1. The number of esters is 1. The Morgan fingerprint density at radius 2 is 2.03 bits per heavy atom. The maximum Gasteiger partial charge on any atom is 0.363 e. The van der Waals surface area contributed by atoms with Crippen LogP contribution in [0.15, 0.2) is 59.7 Å². The molecule has 1 aliphatic heterocycles. The van der Waals surface area contributed by atoms with E-state index >= 15 is 0 Å². The van der Waals surface area contributed by atoms with Crippen LogP contribution in [0, 0.1) is 10.1 Å². The van der Waals surface area contributed by atoms with Crippen molar-refractivity contribution in [3.63, 3.8) is 0 Å². The summed E-state index contributed by atoms with van der Waals surface area (Å²) in [5, 5.41) is 10.9. The molecule has 0 N–H and O–H groups in total. The lowest BCUT2D eigenvalue weighted by Gasteiger charge is -2.11. The van der Waals surface area contributed by atoms with Crippen molar-refractivity contribution in [2.75, 3.05) is 13.2 Å². The number of nitrogens with zero attached hydrogens (tertiary/aromatic N) is 2. The first-order chi connectivity index (χ1) is 14.4. The van der Waals surface area contributed by atoms with Crippen molar-refractivity contribution in [2.24, 2.45) is 4.99 Å². The third kappa shape index (κ3) is 4.66. The van der Waals surface area contributed by atoms with Crippen molar-refractivity contribution in [1.82, 2.24) is 0 Å². The van der Waals surface area contributed by atoms with Gasteiger partial charge in [-0.2, -0.15) is 0 Å². The summed E-state index contributed by atoms with van der Waals surface area (Å²) >= 11 is 6.09. The van der Waals surface area contributed by atoms with Crippen LogP contribution < -0.4 is 9.47 Å². The molecule has 1 heterocycles. The minimum atomic E-state index is -0.663. The molecule has 0 atom stereocenters. The number of hydrogen-bond donors (Lipinski definition) is 0. The van der Waals surface area contributed by atoms with Gasteiger partial charge in [-0.05, 0) is 36.8 Å². The van der Waals surface area contributed by atoms with Gasteiger partial charge < -0.3 is 14.2 Å². The molecule has 0 spiro atoms. The fourth-order valence-corrected chi connectivity index (χ4v) is 2.88. The van der Waals surface area contributed by atoms with Gasteiger partial charge in [-0.25, -0.2) is 9.79 Å². The Hall–Kier alpha value is -3.65. The SMILES string of the molecule is C=CCOc1ccc(/C=C2\N=C(c3ccc([N+](=O)[O-])cc3Cl)OC2=O)cc1OCC. The second-order valence-corrected chi connectivity index (χ2v) is 6.40. The number of benzene rings is 2. The zero-order valence-corrected chi connectivity index (χ0v) is 16.7. The average molecular weight is 429 g/mol. The van der Waals surface area contributed by atoms with Gasteiger partial charge in [0.1, 0.15) is 6.61 Å². The number of ether oxygens (including phenoxy) is 3. The highest BCUT2D eigenvalue weighted by Crippen LogP contribution is 2.31. The summed E-state index contributed by atoms with van der Waals surface area (Å²) in [6, 6.07) is 9.00. The molecule has 0 fully saturated rings. The zero-order valence-electron chi connectivity index (χ0n) is 16.0. The monoisotopic (exact) mass is 428 g/mol. The molecule has 154 valence electrons. The zero-order chi connectivity index (χ0) is 21.7. The minimum absolute atomic E-state index is 0.0258. The molecule has 2 aromatic rings. The van der Waals surface area contributed by atoms with Crippen LogP contribution in [0.5, 0.6) is 11.5 Å². The van der Waals surface area contributed by atoms with E-state index in [-0.39, 0.29) is 27.9 Å². The molecule has 3 rings (SSSR count). The van der Waals surface area contributed by atoms with E-state index in [0.29, 0.717) is 30.3 Å². The fourth-order valence-electron chi connectivity index (χ4n) is 2.62. The molecule has 0 unspecified atom stereocenters. The Balaban J connectivity index is 1.91. The Morgan fingerprint density at radius 1 is 1.23 bits per heavy atom. The molecular formula is C21H17ClN2O6. The maximum absolute atomic E-state index is 12.2. The molecule has 0 saturated carbocycles. The summed E-state index contributed by atoms with van der Waals surface area (Å²) in [4.78, 5) is 26.7. The summed E-state index contributed by atoms with van der Waals surface area (Å²) in [7, 11) is 0. The van der Waals surface area contributed by atoms with E-state index in [0.717, 1.165) is 0 Å². The van der Waals surface area contributed by atoms with Crippen LogP contribution in [0.1, 0.15) is 18.1 Å². The highest BCUT2D eigenvalue weighted by molar-refractivity contribution is 6.34. The Labute approximate surface area is 177 Å². The molecule has 0 radical (unpaired) electrons. The van der Waals surface area contributed by atoms with Crippen LogP contribution in [0.2, 0.25) is 5.02 Å². The van der Waals surface area contributed by atoms with Crippen molar-refractivity contribution in [1.29, 1.82) is 0 Å². The highest BCUT2D eigenvalue weighted by atomic mass is 35.5. The van der Waals surface area contributed by atoms with Gasteiger partial charge in [0.2, 0.25) is 5.90 Å². The predicted molar refractivity (Wildman–Crippen MR) is 112 cm³/mol. The Kier molecular flexibility index (Phi) is 6.48. The molecule has 0 saturated heterocycles. The van der Waals surface area contributed by atoms with E-state index in [9.17, 15) is 14.9 Å². The van der Waals surface area contributed by atoms with E-state index in [4.69, 9.17) is 25.8 Å². The third-order valence-electron chi connectivity index (χ3n) is 3.94. The van der Waals surface area contributed by atoms with E-state index in [1.165, 1.54) is 24.3 Å². The number of rotatable bonds is 8. The summed E-state index contributed by atoms with van der Waals surface area (Å²) < 4.78 is 16.3. The molecular weight excluding hydrogens is 412 g/mol. The first-order valence-electron chi connectivity index (χ1n) is 8.90. The van der Waals surface area contributed by atoms with Crippen LogP contribution in [-0.2, 0) is 9.53 Å². The smallest absolute Gasteiger partial charge is 0.363 e. The van der Waals surface area contributed by atoms with Gasteiger partial charge in [0, 0.05) is 12.1 Å². The second kappa shape index (κ2) is 9.23. The van der Waals surface area contributed by atoms with Gasteiger partial charge in [-0.15, -0.1) is 0 Å². The molecule has 9 heteroatoms. The molecule has 2 aromatic carbocycles. The fraction of sp³-hybridized carbons (Fsp3) is 0.143. The number of non-ortho nitro benzene ring substituents is 1. The quantitative estimate of drug-likeness (QED) is 0.201. The second-order valence-electron chi connectivity index (χ2n) is 6.00. The Bertz CT molecular complexity index is 1080. The van der Waals surface area contributed by atoms with Gasteiger partial charge in [0.15, 0.2) is 17.2 Å². The molecule has 0 amide bonds. The van der Waals surface area contributed by atoms with Crippen molar-refractivity contribution >= 4 is 35.2 Å². The lowest BCUT2D eigenvalue weighted by molar-refractivity contribution is -0.384. The van der Waals surface area contributed by atoms with Gasteiger partial charge in [0.05, 0.1) is 22.1 Å². The number of aliphatic imine (C=N–C) groups is 1. The van der Waals surface area contributed by atoms with Crippen LogP contribution in [0.25, 0.3) is 6.08 Å². The van der Waals surface area contributed by atoms with E-state index in [1.54, 1.807) is 24.3 Å². The van der Waals surface area contributed by atoms with Crippen molar-refractivity contribution in [2.45, 2.75) is 6.92 Å². The largest absolute Gasteiger partial charge is 0.490 e. The summed E-state index contributed by atoms with van der Waals surface area (Å²) in [6.07, 6.45) is 3.16. The van der Waals surface area contributed by atoms with E-state index in [1.807, 2.05) is 6.92 Å².